The molecule has 0 radical (unpaired) electrons. The second-order valence-corrected chi connectivity index (χ2v) is 9.56. The van der Waals surface area contributed by atoms with Crippen LogP contribution in [0.5, 0.6) is 0 Å². The number of nitrogens with zero attached hydrogens (tertiary/aromatic N) is 5. The average molecular weight is 564 g/mol. The molecule has 4 aromatic rings. The number of benzene rings is 2. The molecule has 0 aliphatic heterocycles. The van der Waals surface area contributed by atoms with Gasteiger partial charge in [0.25, 0.3) is 5.56 Å². The lowest BCUT2D eigenvalue weighted by atomic mass is 9.84. The predicted octanol–water partition coefficient (Wildman–Crippen LogP) is 7.15. The molecule has 0 atom stereocenters. The number of aromatic nitrogens is 5. The van der Waals surface area contributed by atoms with E-state index in [4.69, 9.17) is 0 Å². The number of aryl methyl sites for hydroxylation is 1. The highest BCUT2D eigenvalue weighted by Crippen LogP contribution is 2.33. The summed E-state index contributed by atoms with van der Waals surface area (Å²) in [6.07, 6.45) is 0.668. The summed E-state index contributed by atoms with van der Waals surface area (Å²) in [5.74, 6) is -0.371. The maximum absolute atomic E-state index is 13.4. The summed E-state index contributed by atoms with van der Waals surface area (Å²) < 4.78 is 79.7. The maximum Gasteiger partial charge on any atom is 0.416 e. The molecule has 0 bridgehead atoms. The zero-order chi connectivity index (χ0) is 28.9. The lowest BCUT2D eigenvalue weighted by Gasteiger charge is -2.22. The topological polar surface area (TPSA) is 65.6 Å². The van der Waals surface area contributed by atoms with E-state index < -0.39 is 30.4 Å². The Morgan fingerprint density at radius 3 is 2.30 bits per heavy atom. The van der Waals surface area contributed by atoms with Crippen molar-refractivity contribution in [2.75, 3.05) is 0 Å². The zero-order valence-electron chi connectivity index (χ0n) is 21.6. The summed E-state index contributed by atoms with van der Waals surface area (Å²) in [6.45, 7) is -1.46. The number of hydrogen-bond acceptors (Lipinski definition) is 4. The van der Waals surface area contributed by atoms with Gasteiger partial charge in [0, 0.05) is 5.56 Å². The van der Waals surface area contributed by atoms with Gasteiger partial charge in [0.15, 0.2) is 0 Å². The van der Waals surface area contributed by atoms with Gasteiger partial charge >= 0.3 is 12.7 Å². The third kappa shape index (κ3) is 7.16. The molecule has 0 spiro atoms. The number of hydrogen-bond donors (Lipinski definition) is 0. The summed E-state index contributed by atoms with van der Waals surface area (Å²) in [4.78, 5) is 17.0. The highest BCUT2D eigenvalue weighted by Gasteiger charge is 2.33. The fourth-order valence-corrected chi connectivity index (χ4v) is 4.67. The second kappa shape index (κ2) is 12.5. The van der Waals surface area contributed by atoms with Gasteiger partial charge in [-0.1, -0.05) is 49.6 Å². The predicted molar refractivity (Wildman–Crippen MR) is 136 cm³/mol. The Bertz CT molecular complexity index is 1470. The largest absolute Gasteiger partial charge is 0.416 e. The van der Waals surface area contributed by atoms with Crippen LogP contribution in [-0.4, -0.2) is 24.5 Å². The third-order valence-corrected chi connectivity index (χ3v) is 6.61. The lowest BCUT2D eigenvalue weighted by Crippen LogP contribution is -2.30. The molecule has 0 N–H and O–H groups in total. The fraction of sp³-hybridized carbons (Fsp3) is 0.357. The summed E-state index contributed by atoms with van der Waals surface area (Å²) >= 11 is 0. The molecule has 0 amide bonds. The molecule has 0 saturated heterocycles. The minimum Gasteiger partial charge on any atom is -0.267 e. The Morgan fingerprint density at radius 2 is 1.70 bits per heavy atom. The van der Waals surface area contributed by atoms with Gasteiger partial charge in [0.1, 0.15) is 17.8 Å². The molecule has 12 heteroatoms. The fourth-order valence-electron chi connectivity index (χ4n) is 4.67. The Hall–Kier alpha value is -3.96. The van der Waals surface area contributed by atoms with Crippen LogP contribution in [0.3, 0.4) is 0 Å². The van der Waals surface area contributed by atoms with Gasteiger partial charge in [0.2, 0.25) is 5.82 Å². The van der Waals surface area contributed by atoms with Gasteiger partial charge in [-0.05, 0) is 61.1 Å². The van der Waals surface area contributed by atoms with E-state index in [1.165, 1.54) is 36.4 Å². The Morgan fingerprint density at radius 1 is 0.975 bits per heavy atom. The average Bonchev–Trinajstić information content (AvgIpc) is 3.41. The van der Waals surface area contributed by atoms with Crippen LogP contribution >= 0.6 is 0 Å². The van der Waals surface area contributed by atoms with Gasteiger partial charge in [0.05, 0.1) is 12.1 Å². The van der Waals surface area contributed by atoms with Crippen molar-refractivity contribution in [3.63, 3.8) is 0 Å². The SMILES string of the molecule is Cc1cccc(F)c1.O=c1c(C2CCCCC2)cc(-c2ncn(C(F)F)n2)nn1Cc1ccccc1C(F)(F)F. The highest BCUT2D eigenvalue weighted by atomic mass is 19.4. The van der Waals surface area contributed by atoms with Gasteiger partial charge in [-0.15, -0.1) is 5.10 Å². The number of rotatable bonds is 5. The molecule has 5 rings (SSSR count). The van der Waals surface area contributed by atoms with Gasteiger partial charge in [-0.25, -0.2) is 14.1 Å². The van der Waals surface area contributed by atoms with Crippen molar-refractivity contribution >= 4 is 0 Å². The lowest BCUT2D eigenvalue weighted by molar-refractivity contribution is -0.138. The quantitative estimate of drug-likeness (QED) is 0.242. The Balaban J connectivity index is 0.000000398. The molecule has 6 nitrogen and oxygen atoms in total. The maximum atomic E-state index is 13.4. The van der Waals surface area contributed by atoms with Crippen molar-refractivity contribution in [3.05, 3.63) is 99.3 Å². The summed E-state index contributed by atoms with van der Waals surface area (Å²) in [5, 5.41) is 7.84. The van der Waals surface area contributed by atoms with Crippen LogP contribution < -0.4 is 5.56 Å². The van der Waals surface area contributed by atoms with E-state index in [0.717, 1.165) is 54.7 Å². The summed E-state index contributed by atoms with van der Waals surface area (Å²) in [5.41, 5.74) is -0.0524. The standard InChI is InChI=1S/C21H20F5N5O.C7H7F/c22-20(23)31-12-27-18(29-31)17-10-15(13-6-2-1-3-7-13)19(32)30(28-17)11-14-8-4-5-9-16(14)21(24,25)26;1-6-3-2-4-7(8)5-6/h4-5,8-10,12-13,20H,1-3,6-7,11H2;2-5H,1H3. The molecule has 1 saturated carbocycles. The molecule has 40 heavy (non-hydrogen) atoms. The molecule has 212 valence electrons. The number of halogens is 6. The Kier molecular flexibility index (Phi) is 9.06. The monoisotopic (exact) mass is 563 g/mol. The molecular formula is C28H27F6N5O. The van der Waals surface area contributed by atoms with E-state index in [9.17, 15) is 31.1 Å². The smallest absolute Gasteiger partial charge is 0.267 e. The second-order valence-electron chi connectivity index (χ2n) is 9.56. The minimum absolute atomic E-state index is 0.0639. The van der Waals surface area contributed by atoms with Gasteiger partial charge in [-0.3, -0.25) is 4.79 Å². The first kappa shape index (κ1) is 29.0. The molecule has 1 aliphatic rings. The van der Waals surface area contributed by atoms with E-state index in [1.807, 2.05) is 13.0 Å². The van der Waals surface area contributed by atoms with Crippen molar-refractivity contribution in [3.8, 4) is 11.5 Å². The van der Waals surface area contributed by atoms with E-state index in [2.05, 4.69) is 15.2 Å². The zero-order valence-corrected chi connectivity index (χ0v) is 21.6. The van der Waals surface area contributed by atoms with Crippen LogP contribution in [0.25, 0.3) is 11.5 Å². The molecule has 0 unspecified atom stereocenters. The van der Waals surface area contributed by atoms with Crippen molar-refractivity contribution < 1.29 is 26.3 Å². The van der Waals surface area contributed by atoms with Gasteiger partial charge in [-0.2, -0.15) is 31.7 Å². The van der Waals surface area contributed by atoms with Crippen LogP contribution in [0.2, 0.25) is 0 Å². The highest BCUT2D eigenvalue weighted by molar-refractivity contribution is 5.49. The van der Waals surface area contributed by atoms with Crippen LogP contribution in [0, 0.1) is 12.7 Å². The van der Waals surface area contributed by atoms with E-state index in [1.54, 1.807) is 6.07 Å². The van der Waals surface area contributed by atoms with Gasteiger partial charge < -0.3 is 0 Å². The first-order valence-corrected chi connectivity index (χ1v) is 12.7. The van der Waals surface area contributed by atoms with E-state index in [0.29, 0.717) is 10.2 Å². The van der Waals surface area contributed by atoms with Crippen molar-refractivity contribution in [2.45, 2.75) is 64.2 Å². The normalized spacial score (nSPS) is 14.2. The van der Waals surface area contributed by atoms with Crippen LogP contribution in [0.4, 0.5) is 26.3 Å². The first-order valence-electron chi connectivity index (χ1n) is 12.7. The molecule has 1 fully saturated rings. The number of alkyl halides is 5. The van der Waals surface area contributed by atoms with Crippen molar-refractivity contribution in [2.24, 2.45) is 0 Å². The molecule has 2 heterocycles. The summed E-state index contributed by atoms with van der Waals surface area (Å²) in [7, 11) is 0. The van der Waals surface area contributed by atoms with Crippen LogP contribution in [-0.2, 0) is 12.7 Å². The van der Waals surface area contributed by atoms with E-state index in [-0.39, 0.29) is 28.8 Å². The van der Waals surface area contributed by atoms with Crippen LogP contribution in [0.1, 0.15) is 66.8 Å². The molecule has 2 aromatic carbocycles. The third-order valence-electron chi connectivity index (χ3n) is 6.61. The van der Waals surface area contributed by atoms with Crippen LogP contribution in [0.15, 0.2) is 65.7 Å². The van der Waals surface area contributed by atoms with E-state index >= 15 is 0 Å². The van der Waals surface area contributed by atoms with Crippen molar-refractivity contribution in [1.82, 2.24) is 24.5 Å². The minimum atomic E-state index is -4.60. The Labute approximate surface area is 226 Å². The summed E-state index contributed by atoms with van der Waals surface area (Å²) in [6, 6.07) is 12.9. The molecule has 2 aromatic heterocycles. The first-order chi connectivity index (χ1) is 19.0. The van der Waals surface area contributed by atoms with Crippen molar-refractivity contribution in [1.29, 1.82) is 0 Å². The molecule has 1 aliphatic carbocycles. The molecular weight excluding hydrogens is 536 g/mol.